The van der Waals surface area contributed by atoms with E-state index in [-0.39, 0.29) is 30.4 Å². The maximum Gasteiger partial charge on any atom is 0.232 e. The number of fused-ring (bicyclic) bond motifs is 1. The predicted molar refractivity (Wildman–Crippen MR) is 89.8 cm³/mol. The molecule has 1 unspecified atom stereocenters. The van der Waals surface area contributed by atoms with E-state index < -0.39 is 23.9 Å². The van der Waals surface area contributed by atoms with Crippen molar-refractivity contribution in [3.05, 3.63) is 35.9 Å². The fourth-order valence-corrected chi connectivity index (χ4v) is 3.88. The molecule has 0 bridgehead atoms. The lowest BCUT2D eigenvalue weighted by molar-refractivity contribution is -0.198. The van der Waals surface area contributed by atoms with Crippen LogP contribution in [0.1, 0.15) is 25.8 Å². The van der Waals surface area contributed by atoms with Crippen LogP contribution < -0.4 is 5.32 Å². The van der Waals surface area contributed by atoms with E-state index in [2.05, 4.69) is 5.32 Å². The highest BCUT2D eigenvalue weighted by molar-refractivity contribution is 6.03. The van der Waals surface area contributed by atoms with Crippen molar-refractivity contribution in [1.29, 1.82) is 0 Å². The fourth-order valence-electron chi connectivity index (χ4n) is 3.88. The monoisotopic (exact) mass is 361 g/mol. The molecule has 7 heteroatoms. The summed E-state index contributed by atoms with van der Waals surface area (Å²) in [4.78, 5) is 23.7. The molecule has 3 aliphatic rings. The van der Waals surface area contributed by atoms with E-state index in [0.29, 0.717) is 13.2 Å². The highest BCUT2D eigenvalue weighted by Gasteiger charge is 2.59. The Morgan fingerprint density at radius 2 is 1.85 bits per heavy atom. The first-order valence-corrected chi connectivity index (χ1v) is 8.89. The number of carbonyl (C=O) groups excluding carboxylic acids is 2. The van der Waals surface area contributed by atoms with E-state index in [9.17, 15) is 9.59 Å². The van der Waals surface area contributed by atoms with Gasteiger partial charge in [-0.2, -0.15) is 0 Å². The van der Waals surface area contributed by atoms with E-state index in [1.54, 1.807) is 0 Å². The van der Waals surface area contributed by atoms with Crippen LogP contribution in [0.15, 0.2) is 30.3 Å². The number of amides is 2. The second-order valence-electron chi connectivity index (χ2n) is 7.43. The van der Waals surface area contributed by atoms with Crippen molar-refractivity contribution in [2.24, 2.45) is 5.92 Å². The average molecular weight is 361 g/mol. The molecule has 2 amide bonds. The molecule has 3 fully saturated rings. The molecule has 3 saturated heterocycles. The van der Waals surface area contributed by atoms with Gasteiger partial charge in [0.05, 0.1) is 25.2 Å². The summed E-state index contributed by atoms with van der Waals surface area (Å²) in [7, 11) is 0. The van der Waals surface area contributed by atoms with Crippen LogP contribution in [0.2, 0.25) is 0 Å². The van der Waals surface area contributed by atoms with Gasteiger partial charge in [0.25, 0.3) is 0 Å². The fraction of sp³-hybridized carbons (Fsp3) is 0.579. The second kappa shape index (κ2) is 6.74. The molecule has 4 rings (SSSR count). The third-order valence-electron chi connectivity index (χ3n) is 4.98. The number of ether oxygens (including phenoxy) is 4. The van der Waals surface area contributed by atoms with Gasteiger partial charge >= 0.3 is 0 Å². The van der Waals surface area contributed by atoms with E-state index >= 15 is 0 Å². The Labute approximate surface area is 151 Å². The Morgan fingerprint density at radius 1 is 1.12 bits per heavy atom. The molecule has 1 aromatic carbocycles. The molecule has 140 valence electrons. The first kappa shape index (κ1) is 17.6. The molecule has 1 N–H and O–H groups in total. The molecule has 0 spiro atoms. The van der Waals surface area contributed by atoms with Gasteiger partial charge in [-0.25, -0.2) is 0 Å². The number of rotatable bonds is 5. The lowest BCUT2D eigenvalue weighted by Crippen LogP contribution is -2.38. The molecular formula is C19H23NO6. The van der Waals surface area contributed by atoms with E-state index in [1.165, 1.54) is 0 Å². The Hall–Kier alpha value is -1.80. The lowest BCUT2D eigenvalue weighted by atomic mass is 9.95. The molecule has 0 saturated carbocycles. The molecule has 0 aliphatic carbocycles. The van der Waals surface area contributed by atoms with Crippen LogP contribution in [0.4, 0.5) is 0 Å². The zero-order valence-electron chi connectivity index (χ0n) is 14.8. The topological polar surface area (TPSA) is 83.1 Å². The Bertz CT molecular complexity index is 691. The van der Waals surface area contributed by atoms with Gasteiger partial charge in [0.1, 0.15) is 18.3 Å². The van der Waals surface area contributed by atoms with Crippen molar-refractivity contribution in [3.63, 3.8) is 0 Å². The zero-order valence-corrected chi connectivity index (χ0v) is 14.8. The Morgan fingerprint density at radius 3 is 2.54 bits per heavy atom. The summed E-state index contributed by atoms with van der Waals surface area (Å²) in [5.41, 5.74) is 1.07. The summed E-state index contributed by atoms with van der Waals surface area (Å²) in [6.45, 7) is 4.47. The smallest absolute Gasteiger partial charge is 0.232 e. The number of imide groups is 1. The highest BCUT2D eigenvalue weighted by atomic mass is 16.8. The molecule has 1 aromatic rings. The molecule has 5 atom stereocenters. The van der Waals surface area contributed by atoms with E-state index in [1.807, 2.05) is 44.2 Å². The summed E-state index contributed by atoms with van der Waals surface area (Å²) in [5.74, 6) is -1.89. The Kier molecular flexibility index (Phi) is 4.56. The van der Waals surface area contributed by atoms with Crippen LogP contribution >= 0.6 is 0 Å². The van der Waals surface area contributed by atoms with Crippen LogP contribution in [-0.2, 0) is 35.1 Å². The van der Waals surface area contributed by atoms with Crippen LogP contribution in [0.3, 0.4) is 0 Å². The van der Waals surface area contributed by atoms with Crippen molar-refractivity contribution >= 4 is 11.8 Å². The molecule has 7 nitrogen and oxygen atoms in total. The van der Waals surface area contributed by atoms with Crippen molar-refractivity contribution in [1.82, 2.24) is 5.32 Å². The van der Waals surface area contributed by atoms with Crippen LogP contribution in [-0.4, -0.2) is 48.6 Å². The minimum absolute atomic E-state index is 0.119. The van der Waals surface area contributed by atoms with Crippen LogP contribution in [0, 0.1) is 5.92 Å². The number of carbonyl (C=O) groups is 2. The Balaban J connectivity index is 1.43. The second-order valence-corrected chi connectivity index (χ2v) is 7.43. The third-order valence-corrected chi connectivity index (χ3v) is 4.98. The third kappa shape index (κ3) is 3.40. The summed E-state index contributed by atoms with van der Waals surface area (Å²) < 4.78 is 23.9. The minimum atomic E-state index is -0.756. The van der Waals surface area contributed by atoms with Gasteiger partial charge in [0.2, 0.25) is 11.8 Å². The van der Waals surface area contributed by atoms with E-state index in [4.69, 9.17) is 18.9 Å². The largest absolute Gasteiger partial charge is 0.374 e. The van der Waals surface area contributed by atoms with Crippen molar-refractivity contribution in [2.75, 3.05) is 6.61 Å². The lowest BCUT2D eigenvalue weighted by Gasteiger charge is -2.25. The van der Waals surface area contributed by atoms with Gasteiger partial charge in [-0.15, -0.1) is 0 Å². The standard InChI is InChI=1S/C19H23NO6/c1-19(2)25-16-13(10-23-9-11-6-4-3-5-7-11)24-15(17(16)26-19)12-8-14(21)20-18(12)22/h3-7,12-13,15-17H,8-10H2,1-2H3,(H,20,21,22)/t12?,13-,15+,16-,17+/m1/s1. The summed E-state index contributed by atoms with van der Waals surface area (Å²) in [6, 6.07) is 9.87. The maximum absolute atomic E-state index is 12.1. The predicted octanol–water partition coefficient (Wildman–Crippen LogP) is 1.15. The summed E-state index contributed by atoms with van der Waals surface area (Å²) in [5, 5.41) is 2.34. The zero-order chi connectivity index (χ0) is 18.3. The number of nitrogens with one attached hydrogen (secondary N) is 1. The average Bonchev–Trinajstić information content (AvgIpc) is 3.19. The first-order chi connectivity index (χ1) is 12.4. The van der Waals surface area contributed by atoms with Gasteiger partial charge in [-0.05, 0) is 19.4 Å². The summed E-state index contributed by atoms with van der Waals surface area (Å²) >= 11 is 0. The highest BCUT2D eigenvalue weighted by Crippen LogP contribution is 2.42. The molecule has 3 aliphatic heterocycles. The van der Waals surface area contributed by atoms with Crippen molar-refractivity contribution < 1.29 is 28.5 Å². The quantitative estimate of drug-likeness (QED) is 0.793. The van der Waals surface area contributed by atoms with Crippen molar-refractivity contribution in [3.8, 4) is 0 Å². The van der Waals surface area contributed by atoms with E-state index in [0.717, 1.165) is 5.56 Å². The van der Waals surface area contributed by atoms with Crippen LogP contribution in [0.5, 0.6) is 0 Å². The first-order valence-electron chi connectivity index (χ1n) is 8.89. The van der Waals surface area contributed by atoms with Gasteiger partial charge in [-0.1, -0.05) is 30.3 Å². The van der Waals surface area contributed by atoms with Gasteiger partial charge < -0.3 is 18.9 Å². The molecule has 3 heterocycles. The van der Waals surface area contributed by atoms with Crippen LogP contribution in [0.25, 0.3) is 0 Å². The maximum atomic E-state index is 12.1. The summed E-state index contributed by atoms with van der Waals surface area (Å²) in [6.07, 6.45) is -1.46. The molecule has 0 radical (unpaired) electrons. The number of hydrogen-bond acceptors (Lipinski definition) is 6. The minimum Gasteiger partial charge on any atom is -0.374 e. The van der Waals surface area contributed by atoms with Gasteiger partial charge in [-0.3, -0.25) is 14.9 Å². The van der Waals surface area contributed by atoms with Gasteiger partial charge in [0.15, 0.2) is 5.79 Å². The van der Waals surface area contributed by atoms with Gasteiger partial charge in [0, 0.05) is 6.42 Å². The number of hydrogen-bond donors (Lipinski definition) is 1. The van der Waals surface area contributed by atoms with Crippen molar-refractivity contribution in [2.45, 2.75) is 57.1 Å². The normalized spacial score (nSPS) is 35.5. The molecular weight excluding hydrogens is 338 g/mol. The SMILES string of the molecule is CC1(C)O[C@@H]2[C@H](O1)[C@@H](COCc1ccccc1)O[C@H]2C1CC(=O)NC1=O. The number of benzene rings is 1. The molecule has 0 aromatic heterocycles. The molecule has 26 heavy (non-hydrogen) atoms.